The van der Waals surface area contributed by atoms with Crippen molar-refractivity contribution in [1.29, 1.82) is 0 Å². The van der Waals surface area contributed by atoms with Crippen LogP contribution in [0.3, 0.4) is 0 Å². The molecule has 0 nitrogen and oxygen atoms in total. The highest BCUT2D eigenvalue weighted by Crippen LogP contribution is 2.49. The molecule has 0 amide bonds. The molecule has 0 unspecified atom stereocenters. The molecule has 178 valence electrons. The summed E-state index contributed by atoms with van der Waals surface area (Å²) in [5.74, 6) is 0. The van der Waals surface area contributed by atoms with Crippen LogP contribution in [0.4, 0.5) is 0 Å². The van der Waals surface area contributed by atoms with Crippen LogP contribution in [-0.4, -0.2) is 0 Å². The van der Waals surface area contributed by atoms with Crippen LogP contribution in [0.2, 0.25) is 0 Å². The summed E-state index contributed by atoms with van der Waals surface area (Å²) in [6.07, 6.45) is 7.24. The quantitative estimate of drug-likeness (QED) is 0.220. The second kappa shape index (κ2) is 7.91. The molecule has 0 heteroatoms. The van der Waals surface area contributed by atoms with Gasteiger partial charge in [0.05, 0.1) is 5.41 Å². The summed E-state index contributed by atoms with van der Waals surface area (Å²) in [6, 6.07) is 44.7. The number of fused-ring (bicyclic) bond motifs is 8. The van der Waals surface area contributed by atoms with Crippen molar-refractivity contribution in [1.82, 2.24) is 0 Å². The van der Waals surface area contributed by atoms with Gasteiger partial charge in [-0.05, 0) is 90.2 Å². The van der Waals surface area contributed by atoms with Gasteiger partial charge in [0.15, 0.2) is 0 Å². The van der Waals surface area contributed by atoms with Gasteiger partial charge in [-0.2, -0.15) is 0 Å². The number of benzene rings is 6. The minimum Gasteiger partial charge on any atom is -0.0622 e. The van der Waals surface area contributed by atoms with Gasteiger partial charge in [-0.3, -0.25) is 0 Å². The van der Waals surface area contributed by atoms with E-state index in [-0.39, 0.29) is 5.41 Å². The molecule has 6 aromatic rings. The van der Waals surface area contributed by atoms with Crippen LogP contribution in [0.15, 0.2) is 145 Å². The predicted molar refractivity (Wildman–Crippen MR) is 162 cm³/mol. The monoisotopic (exact) mass is 482 g/mol. The lowest BCUT2D eigenvalue weighted by molar-refractivity contribution is 0.822. The van der Waals surface area contributed by atoms with Crippen LogP contribution >= 0.6 is 0 Å². The molecule has 0 aliphatic heterocycles. The molecular weight excluding hydrogens is 456 g/mol. The van der Waals surface area contributed by atoms with Gasteiger partial charge in [-0.25, -0.2) is 0 Å². The third-order valence-electron chi connectivity index (χ3n) is 8.46. The molecule has 0 saturated carbocycles. The fourth-order valence-corrected chi connectivity index (χ4v) is 6.98. The molecule has 0 atom stereocenters. The van der Waals surface area contributed by atoms with E-state index in [4.69, 9.17) is 0 Å². The van der Waals surface area contributed by atoms with E-state index in [0.717, 1.165) is 0 Å². The largest absolute Gasteiger partial charge is 0.0649 e. The smallest absolute Gasteiger partial charge is 0.0622 e. The van der Waals surface area contributed by atoms with Crippen molar-refractivity contribution in [3.05, 3.63) is 166 Å². The zero-order valence-electron chi connectivity index (χ0n) is 21.3. The van der Waals surface area contributed by atoms with Crippen LogP contribution in [-0.2, 0) is 5.41 Å². The summed E-state index contributed by atoms with van der Waals surface area (Å²) in [5, 5.41) is 10.5. The molecule has 0 radical (unpaired) electrons. The van der Waals surface area contributed by atoms with E-state index >= 15 is 0 Å². The van der Waals surface area contributed by atoms with Crippen molar-refractivity contribution in [3.63, 3.8) is 0 Å². The average Bonchev–Trinajstić information content (AvgIpc) is 3.34. The lowest BCUT2D eigenvalue weighted by atomic mass is 9.64. The first-order valence-electron chi connectivity index (χ1n) is 13.4. The van der Waals surface area contributed by atoms with E-state index in [9.17, 15) is 0 Å². The summed E-state index contributed by atoms with van der Waals surface area (Å²) in [4.78, 5) is 0. The third kappa shape index (κ3) is 2.86. The zero-order valence-corrected chi connectivity index (χ0v) is 21.3. The normalized spacial score (nSPS) is 15.7. The van der Waals surface area contributed by atoms with Gasteiger partial charge in [0.25, 0.3) is 0 Å². The van der Waals surface area contributed by atoms with Crippen molar-refractivity contribution in [2.24, 2.45) is 0 Å². The summed E-state index contributed by atoms with van der Waals surface area (Å²) in [6.45, 7) is 2.23. The molecule has 0 fully saturated rings. The summed E-state index contributed by atoms with van der Waals surface area (Å²) in [5.41, 5.74) is 6.23. The van der Waals surface area contributed by atoms with Gasteiger partial charge in [0.2, 0.25) is 0 Å². The fraction of sp³-hybridized carbons (Fsp3) is 0.0526. The highest BCUT2D eigenvalue weighted by atomic mass is 14.4. The second-order valence-electron chi connectivity index (χ2n) is 10.6. The SMILES string of the molecule is CC1=CC(c2ccccc2)(c2ccccc2)C2=c3cc4c5ccccc5c5ccccc5c4cc3=CC2=C1. The molecule has 0 saturated heterocycles. The molecular formula is C38H26. The summed E-state index contributed by atoms with van der Waals surface area (Å²) < 4.78 is 0. The van der Waals surface area contributed by atoms with Crippen molar-refractivity contribution in [2.75, 3.05) is 0 Å². The van der Waals surface area contributed by atoms with Crippen LogP contribution in [0, 0.1) is 0 Å². The minimum atomic E-state index is -0.362. The highest BCUT2D eigenvalue weighted by molar-refractivity contribution is 6.25. The summed E-state index contributed by atoms with van der Waals surface area (Å²) >= 11 is 0. The van der Waals surface area contributed by atoms with E-state index in [1.807, 2.05) is 0 Å². The van der Waals surface area contributed by atoms with E-state index in [0.29, 0.717) is 0 Å². The number of rotatable bonds is 2. The molecule has 0 heterocycles. The number of hydrogen-bond donors (Lipinski definition) is 0. The maximum atomic E-state index is 2.47. The predicted octanol–water partition coefficient (Wildman–Crippen LogP) is 7.96. The van der Waals surface area contributed by atoms with Crippen LogP contribution in [0.25, 0.3) is 44.0 Å². The lowest BCUT2D eigenvalue weighted by Crippen LogP contribution is -2.35. The van der Waals surface area contributed by atoms with Gasteiger partial charge in [0, 0.05) is 0 Å². The van der Waals surface area contributed by atoms with Crippen molar-refractivity contribution >= 4 is 44.0 Å². The fourth-order valence-electron chi connectivity index (χ4n) is 6.98. The minimum absolute atomic E-state index is 0.362. The lowest BCUT2D eigenvalue weighted by Gasteiger charge is -2.38. The van der Waals surface area contributed by atoms with Gasteiger partial charge in [-0.15, -0.1) is 0 Å². The Hall–Kier alpha value is -4.68. The Labute approximate surface area is 222 Å². The van der Waals surface area contributed by atoms with E-state index in [2.05, 4.69) is 146 Å². The van der Waals surface area contributed by atoms with Gasteiger partial charge in [0.1, 0.15) is 0 Å². The summed E-state index contributed by atoms with van der Waals surface area (Å²) in [7, 11) is 0. The maximum absolute atomic E-state index is 2.47. The van der Waals surface area contributed by atoms with Gasteiger partial charge in [-0.1, -0.05) is 127 Å². The Balaban J connectivity index is 1.60. The Bertz CT molecular complexity index is 2070. The van der Waals surface area contributed by atoms with Crippen LogP contribution in [0.1, 0.15) is 18.1 Å². The number of allylic oxidation sites excluding steroid dienone is 4. The Kier molecular flexibility index (Phi) is 4.46. The van der Waals surface area contributed by atoms with Gasteiger partial charge >= 0.3 is 0 Å². The zero-order chi connectivity index (χ0) is 25.3. The molecule has 8 rings (SSSR count). The third-order valence-corrected chi connectivity index (χ3v) is 8.46. The van der Waals surface area contributed by atoms with Crippen LogP contribution < -0.4 is 10.4 Å². The van der Waals surface area contributed by atoms with E-state index in [1.54, 1.807) is 0 Å². The maximum Gasteiger partial charge on any atom is 0.0649 e. The molecule has 2 aliphatic carbocycles. The van der Waals surface area contributed by atoms with Crippen molar-refractivity contribution in [2.45, 2.75) is 12.3 Å². The molecule has 0 bridgehead atoms. The van der Waals surface area contributed by atoms with Crippen LogP contribution in [0.5, 0.6) is 0 Å². The first kappa shape index (κ1) is 21.4. The standard InChI is InChI=1S/C38H26/c1-25-20-27-21-26-22-35-32-18-10-8-16-30(32)31-17-9-11-19-33(31)36(35)23-34(26)37(27)38(24-25,28-12-4-2-5-13-28)29-14-6-3-7-15-29/h2-24H,1H3. The Morgan fingerprint density at radius 3 is 1.50 bits per heavy atom. The first-order chi connectivity index (χ1) is 18.7. The second-order valence-corrected chi connectivity index (χ2v) is 10.6. The van der Waals surface area contributed by atoms with Gasteiger partial charge < -0.3 is 0 Å². The Morgan fingerprint density at radius 2 is 0.947 bits per heavy atom. The molecule has 38 heavy (non-hydrogen) atoms. The van der Waals surface area contributed by atoms with E-state index in [1.165, 1.54) is 70.6 Å². The average molecular weight is 483 g/mol. The highest BCUT2D eigenvalue weighted by Gasteiger charge is 2.41. The Morgan fingerprint density at radius 1 is 0.474 bits per heavy atom. The first-order valence-corrected chi connectivity index (χ1v) is 13.4. The number of hydrogen-bond acceptors (Lipinski definition) is 0. The molecule has 0 spiro atoms. The topological polar surface area (TPSA) is 0 Å². The molecule has 0 N–H and O–H groups in total. The molecule has 2 aliphatic rings. The molecule has 0 aromatic heterocycles. The van der Waals surface area contributed by atoms with Crippen molar-refractivity contribution < 1.29 is 0 Å². The molecule has 6 aromatic carbocycles. The van der Waals surface area contributed by atoms with Crippen molar-refractivity contribution in [3.8, 4) is 0 Å². The van der Waals surface area contributed by atoms with E-state index < -0.39 is 0 Å².